The van der Waals surface area contributed by atoms with Crippen molar-refractivity contribution < 1.29 is 19.1 Å². The highest BCUT2D eigenvalue weighted by Crippen LogP contribution is 1.98. The van der Waals surface area contributed by atoms with Crippen molar-refractivity contribution >= 4 is 23.2 Å². The van der Waals surface area contributed by atoms with Crippen LogP contribution in [0, 0.1) is 0 Å². The fourth-order valence-electron chi connectivity index (χ4n) is 0.494. The predicted octanol–water partition coefficient (Wildman–Crippen LogP) is 0.944. The number of hydrogen-bond donors (Lipinski definition) is 1. The van der Waals surface area contributed by atoms with Gasteiger partial charge in [0.2, 0.25) is 0 Å². The van der Waals surface area contributed by atoms with Crippen molar-refractivity contribution in [3.63, 3.8) is 0 Å². The monoisotopic (exact) mass is 207 g/mol. The minimum Gasteiger partial charge on any atom is -0.464 e. The lowest BCUT2D eigenvalue weighted by Gasteiger charge is -2.03. The summed E-state index contributed by atoms with van der Waals surface area (Å²) in [4.78, 5) is 21.0. The molecule has 5 nitrogen and oxygen atoms in total. The fraction of sp³-hybridized carbons (Fsp3) is 0.714. The molecule has 0 bridgehead atoms. The van der Waals surface area contributed by atoms with Crippen LogP contribution in [0.1, 0.15) is 13.8 Å². The van der Waals surface area contributed by atoms with Gasteiger partial charge in [0, 0.05) is 25.4 Å². The molecule has 1 N–H and O–H groups in total. The highest BCUT2D eigenvalue weighted by molar-refractivity contribution is 8.11. The quantitative estimate of drug-likeness (QED) is 0.411. The zero-order valence-electron chi connectivity index (χ0n) is 7.66. The number of nitrogens with one attached hydrogen (secondary N) is 1. The molecule has 0 aliphatic carbocycles. The Kier molecular flexibility index (Phi) is 7.42. The molecule has 13 heavy (non-hydrogen) atoms. The molecule has 0 aliphatic heterocycles. The van der Waals surface area contributed by atoms with E-state index in [0.717, 1.165) is 11.9 Å². The van der Waals surface area contributed by atoms with Crippen molar-refractivity contribution in [1.29, 1.82) is 0 Å². The lowest BCUT2D eigenvalue weighted by Crippen LogP contribution is -2.16. The maximum atomic E-state index is 10.7. The van der Waals surface area contributed by atoms with E-state index < -0.39 is 0 Å². The van der Waals surface area contributed by atoms with Crippen LogP contribution < -0.4 is 4.72 Å². The Hall–Kier alpha value is -0.750. The minimum atomic E-state index is -0.384. The standard InChI is InChI=1S/C7H13NO4S/c1-3-11-7(10)13-8-4-5-12-6(2)9/h8H,3-5H2,1-2H3. The van der Waals surface area contributed by atoms with Crippen LogP contribution in [0.2, 0.25) is 0 Å². The van der Waals surface area contributed by atoms with Crippen molar-refractivity contribution in [2.24, 2.45) is 0 Å². The van der Waals surface area contributed by atoms with Gasteiger partial charge in [0.25, 0.3) is 0 Å². The van der Waals surface area contributed by atoms with Crippen molar-refractivity contribution in [2.45, 2.75) is 13.8 Å². The molecule has 0 spiro atoms. The van der Waals surface area contributed by atoms with Crippen LogP contribution in [-0.4, -0.2) is 31.0 Å². The Morgan fingerprint density at radius 3 is 2.62 bits per heavy atom. The zero-order valence-corrected chi connectivity index (χ0v) is 8.48. The number of carbonyl (C=O) groups excluding carboxylic acids is 2. The summed E-state index contributed by atoms with van der Waals surface area (Å²) < 4.78 is 11.9. The number of carbonyl (C=O) groups is 2. The van der Waals surface area contributed by atoms with E-state index in [1.165, 1.54) is 6.92 Å². The van der Waals surface area contributed by atoms with Crippen molar-refractivity contribution in [3.8, 4) is 0 Å². The van der Waals surface area contributed by atoms with E-state index in [2.05, 4.69) is 14.2 Å². The Morgan fingerprint density at radius 1 is 1.38 bits per heavy atom. The Labute approximate surface area is 81.3 Å². The average Bonchev–Trinajstić information content (AvgIpc) is 2.03. The maximum Gasteiger partial charge on any atom is 0.382 e. The van der Waals surface area contributed by atoms with E-state index in [9.17, 15) is 9.59 Å². The smallest absolute Gasteiger partial charge is 0.382 e. The van der Waals surface area contributed by atoms with Gasteiger partial charge in [0.1, 0.15) is 6.61 Å². The number of hydrogen-bond acceptors (Lipinski definition) is 6. The van der Waals surface area contributed by atoms with E-state index >= 15 is 0 Å². The summed E-state index contributed by atoms with van der Waals surface area (Å²) in [5.74, 6) is -0.331. The number of rotatable bonds is 5. The summed E-state index contributed by atoms with van der Waals surface area (Å²) in [6, 6.07) is 0. The first-order valence-corrected chi connectivity index (χ1v) is 4.68. The summed E-state index contributed by atoms with van der Waals surface area (Å²) in [7, 11) is 0. The van der Waals surface area contributed by atoms with Gasteiger partial charge < -0.3 is 9.47 Å². The second kappa shape index (κ2) is 7.88. The SMILES string of the molecule is CCOC(=O)SNCCOC(C)=O. The molecule has 0 saturated carbocycles. The van der Waals surface area contributed by atoms with Gasteiger partial charge in [-0.1, -0.05) is 0 Å². The Balaban J connectivity index is 3.16. The van der Waals surface area contributed by atoms with Crippen LogP contribution in [0.15, 0.2) is 0 Å². The molecule has 0 saturated heterocycles. The largest absolute Gasteiger partial charge is 0.464 e. The van der Waals surface area contributed by atoms with Crippen LogP contribution >= 0.6 is 11.9 Å². The van der Waals surface area contributed by atoms with E-state index in [1.54, 1.807) is 6.92 Å². The first kappa shape index (κ1) is 12.2. The second-order valence-electron chi connectivity index (χ2n) is 2.02. The third-order valence-electron chi connectivity index (χ3n) is 0.927. The van der Waals surface area contributed by atoms with Crippen LogP contribution in [0.4, 0.5) is 4.79 Å². The summed E-state index contributed by atoms with van der Waals surface area (Å²) in [6.07, 6.45) is 0. The molecule has 0 heterocycles. The highest BCUT2D eigenvalue weighted by atomic mass is 32.2. The molecular weight excluding hydrogens is 194 g/mol. The van der Waals surface area contributed by atoms with E-state index in [4.69, 9.17) is 0 Å². The van der Waals surface area contributed by atoms with Gasteiger partial charge in [0.15, 0.2) is 0 Å². The van der Waals surface area contributed by atoms with E-state index in [0.29, 0.717) is 13.2 Å². The third kappa shape index (κ3) is 9.16. The number of ether oxygens (including phenoxy) is 2. The molecule has 0 aromatic rings. The molecule has 0 fully saturated rings. The molecule has 0 unspecified atom stereocenters. The molecule has 0 atom stereocenters. The Morgan fingerprint density at radius 2 is 2.08 bits per heavy atom. The van der Waals surface area contributed by atoms with Crippen molar-refractivity contribution in [2.75, 3.05) is 19.8 Å². The first-order valence-electron chi connectivity index (χ1n) is 3.86. The zero-order chi connectivity index (χ0) is 10.1. The minimum absolute atomic E-state index is 0.252. The summed E-state index contributed by atoms with van der Waals surface area (Å²) in [5, 5.41) is -0.384. The van der Waals surface area contributed by atoms with Gasteiger partial charge in [-0.05, 0) is 6.92 Å². The van der Waals surface area contributed by atoms with Crippen molar-refractivity contribution in [3.05, 3.63) is 0 Å². The summed E-state index contributed by atoms with van der Waals surface area (Å²) >= 11 is 0.850. The predicted molar refractivity (Wildman–Crippen MR) is 49.2 cm³/mol. The summed E-state index contributed by atoms with van der Waals surface area (Å²) in [5.41, 5.74) is 0. The summed E-state index contributed by atoms with van der Waals surface area (Å²) in [6.45, 7) is 4.10. The molecule has 0 aliphatic rings. The molecule has 0 aromatic heterocycles. The first-order chi connectivity index (χ1) is 6.16. The van der Waals surface area contributed by atoms with Crippen LogP contribution in [-0.2, 0) is 14.3 Å². The van der Waals surface area contributed by atoms with Gasteiger partial charge in [-0.2, -0.15) is 0 Å². The third-order valence-corrected chi connectivity index (χ3v) is 1.56. The average molecular weight is 207 g/mol. The topological polar surface area (TPSA) is 64.6 Å². The molecule has 76 valence electrons. The van der Waals surface area contributed by atoms with Gasteiger partial charge in [-0.25, -0.2) is 4.79 Å². The highest BCUT2D eigenvalue weighted by Gasteiger charge is 2.00. The van der Waals surface area contributed by atoms with Gasteiger partial charge in [-0.15, -0.1) is 0 Å². The van der Waals surface area contributed by atoms with Crippen molar-refractivity contribution in [1.82, 2.24) is 4.72 Å². The second-order valence-corrected chi connectivity index (χ2v) is 2.85. The molecule has 0 radical (unpaired) electrons. The molecule has 0 rings (SSSR count). The molecule has 0 amide bonds. The van der Waals surface area contributed by atoms with Crippen LogP contribution in [0.3, 0.4) is 0 Å². The van der Waals surface area contributed by atoms with Gasteiger partial charge in [0.05, 0.1) is 6.61 Å². The molecule has 0 aromatic carbocycles. The van der Waals surface area contributed by atoms with E-state index in [-0.39, 0.29) is 17.9 Å². The normalized spacial score (nSPS) is 9.38. The lowest BCUT2D eigenvalue weighted by molar-refractivity contribution is -0.140. The lowest BCUT2D eigenvalue weighted by atomic mass is 10.7. The van der Waals surface area contributed by atoms with Gasteiger partial charge in [-0.3, -0.25) is 9.52 Å². The fourth-order valence-corrected chi connectivity index (χ4v) is 0.974. The molecule has 6 heteroatoms. The van der Waals surface area contributed by atoms with E-state index in [1.807, 2.05) is 0 Å². The number of esters is 1. The molecular formula is C7H13NO4S. The van der Waals surface area contributed by atoms with Gasteiger partial charge >= 0.3 is 11.3 Å². The maximum absolute atomic E-state index is 10.7. The Bertz CT molecular complexity index is 174. The van der Waals surface area contributed by atoms with Crippen LogP contribution in [0.5, 0.6) is 0 Å². The van der Waals surface area contributed by atoms with Crippen LogP contribution in [0.25, 0.3) is 0 Å².